The fourth-order valence-electron chi connectivity index (χ4n) is 9.09. The zero-order chi connectivity index (χ0) is 42.8. The molecule has 0 spiro atoms. The van der Waals surface area contributed by atoms with E-state index in [1.165, 1.54) is 43.2 Å². The van der Waals surface area contributed by atoms with Crippen molar-refractivity contribution in [3.8, 4) is 22.8 Å². The minimum absolute atomic E-state index is 0.234. The Morgan fingerprint density at radius 3 is 1.95 bits per heavy atom. The summed E-state index contributed by atoms with van der Waals surface area (Å²) >= 11 is 1.88. The molecule has 10 rings (SSSR count). The Bertz CT molecular complexity index is 2940. The average molecular weight is 833 g/mol. The molecule has 0 radical (unpaired) electrons. The molecule has 3 heterocycles. The molecule has 7 aromatic carbocycles. The normalized spacial score (nSPS) is 15.4. The Hall–Kier alpha value is -7.08. The highest BCUT2D eigenvalue weighted by molar-refractivity contribution is 7.99. The van der Waals surface area contributed by atoms with Crippen LogP contribution in [0.5, 0.6) is 0 Å². The Morgan fingerprint density at radius 2 is 1.25 bits per heavy atom. The van der Waals surface area contributed by atoms with Gasteiger partial charge in [-0.3, -0.25) is 4.90 Å². The molecule has 306 valence electrons. The van der Waals surface area contributed by atoms with Crippen LogP contribution in [0.3, 0.4) is 0 Å². The van der Waals surface area contributed by atoms with Gasteiger partial charge < -0.3 is 0 Å². The summed E-state index contributed by atoms with van der Waals surface area (Å²) in [5, 5.41) is 0. The van der Waals surface area contributed by atoms with Gasteiger partial charge in [0.2, 0.25) is 5.95 Å². The van der Waals surface area contributed by atoms with E-state index in [2.05, 4.69) is 183 Å². The first-order valence-corrected chi connectivity index (χ1v) is 22.6. The number of nitrogens with zero attached hydrogens (tertiary/aromatic N) is 4. The molecule has 63 heavy (non-hydrogen) atoms. The second-order valence-electron chi connectivity index (χ2n) is 16.9. The first-order valence-electron chi connectivity index (χ1n) is 21.8. The van der Waals surface area contributed by atoms with Crippen molar-refractivity contribution in [2.45, 2.75) is 54.2 Å². The zero-order valence-electron chi connectivity index (χ0n) is 35.7. The Morgan fingerprint density at radius 1 is 0.651 bits per heavy atom. The van der Waals surface area contributed by atoms with Gasteiger partial charge in [-0.1, -0.05) is 220 Å². The molecule has 0 saturated heterocycles. The lowest BCUT2D eigenvalue weighted by atomic mass is 9.72. The molecular weight excluding hydrogens is 785 g/mol. The molecule has 0 bridgehead atoms. The first kappa shape index (κ1) is 40.0. The highest BCUT2D eigenvalue weighted by Gasteiger charge is 2.40. The molecule has 0 aliphatic carbocycles. The minimum atomic E-state index is -0.315. The molecule has 0 saturated carbocycles. The van der Waals surface area contributed by atoms with Gasteiger partial charge in [-0.25, -0.2) is 4.98 Å². The van der Waals surface area contributed by atoms with Gasteiger partial charge >= 0.3 is 0 Å². The van der Waals surface area contributed by atoms with Crippen molar-refractivity contribution in [3.63, 3.8) is 0 Å². The Balaban J connectivity index is 1.13. The van der Waals surface area contributed by atoms with E-state index in [1.807, 2.05) is 48.2 Å². The van der Waals surface area contributed by atoms with Crippen molar-refractivity contribution >= 4 is 40.7 Å². The van der Waals surface area contributed by atoms with Crippen LogP contribution in [0.4, 0.5) is 17.3 Å². The standard InChI is InChI=1S/C58H48N4S/c1-40(36-46(42-22-10-5-11-23-42)33-32-41-20-8-4-9-21-41)37-47-35-34-43-24-16-19-31-53(43)63-54-39-52-50(38-48(47)54)58(2,3)49-29-17-18-30-51(49)62(52)57-60-55(44-25-12-6-13-26-44)59-56(61-57)45-27-14-7-15-28-45/h4-33,36,38-39,47H,1,34-35,37H2,2-3H3. The van der Waals surface area contributed by atoms with Crippen LogP contribution in [-0.4, -0.2) is 15.0 Å². The average Bonchev–Trinajstić information content (AvgIpc) is 3.32. The summed E-state index contributed by atoms with van der Waals surface area (Å²) in [7, 11) is 0. The maximum atomic E-state index is 5.29. The molecule has 1 aromatic heterocycles. The van der Waals surface area contributed by atoms with Crippen LogP contribution in [0, 0.1) is 0 Å². The minimum Gasteiger partial charge on any atom is -0.278 e. The monoisotopic (exact) mass is 832 g/mol. The van der Waals surface area contributed by atoms with Crippen LogP contribution in [0.2, 0.25) is 0 Å². The summed E-state index contributed by atoms with van der Waals surface area (Å²) < 4.78 is 0. The predicted octanol–water partition coefficient (Wildman–Crippen LogP) is 15.2. The predicted molar refractivity (Wildman–Crippen MR) is 263 cm³/mol. The van der Waals surface area contributed by atoms with Crippen molar-refractivity contribution in [1.29, 1.82) is 0 Å². The van der Waals surface area contributed by atoms with Gasteiger partial charge in [-0.15, -0.1) is 0 Å². The quantitative estimate of drug-likeness (QED) is 0.136. The van der Waals surface area contributed by atoms with Crippen LogP contribution >= 0.6 is 11.8 Å². The van der Waals surface area contributed by atoms with Crippen LogP contribution in [0.25, 0.3) is 34.4 Å². The zero-order valence-corrected chi connectivity index (χ0v) is 36.5. The van der Waals surface area contributed by atoms with Gasteiger partial charge in [-0.2, -0.15) is 9.97 Å². The van der Waals surface area contributed by atoms with Crippen molar-refractivity contribution in [3.05, 3.63) is 240 Å². The first-order chi connectivity index (χ1) is 30.9. The van der Waals surface area contributed by atoms with Crippen molar-refractivity contribution in [1.82, 2.24) is 15.0 Å². The number of hydrogen-bond donors (Lipinski definition) is 0. The lowest BCUT2D eigenvalue weighted by Gasteiger charge is -2.42. The van der Waals surface area contributed by atoms with Gasteiger partial charge in [0.25, 0.3) is 0 Å². The molecule has 1 unspecified atom stereocenters. The van der Waals surface area contributed by atoms with Crippen LogP contribution in [0.1, 0.15) is 66.0 Å². The maximum Gasteiger partial charge on any atom is 0.238 e. The highest BCUT2D eigenvalue weighted by atomic mass is 32.2. The largest absolute Gasteiger partial charge is 0.278 e. The molecule has 0 fully saturated rings. The number of anilines is 3. The van der Waals surface area contributed by atoms with Gasteiger partial charge in [0, 0.05) is 26.3 Å². The van der Waals surface area contributed by atoms with E-state index >= 15 is 0 Å². The number of benzene rings is 7. The molecule has 2 aliphatic heterocycles. The number of rotatable bonds is 9. The molecule has 4 nitrogen and oxygen atoms in total. The summed E-state index contributed by atoms with van der Waals surface area (Å²) in [5.41, 5.74) is 13.5. The SMILES string of the molecule is C=C(C=C(C=Cc1ccccc1)c1ccccc1)CC1CCc2ccccc2Sc2cc3c(cc21)C(C)(C)c1ccccc1N3c1nc(-c2ccccc2)nc(-c2ccccc2)n1. The van der Waals surface area contributed by atoms with Gasteiger partial charge in [0.05, 0.1) is 11.4 Å². The number of allylic oxidation sites excluding steroid dienone is 4. The number of hydrogen-bond acceptors (Lipinski definition) is 5. The molecule has 1 atom stereocenters. The Labute approximate surface area is 375 Å². The van der Waals surface area contributed by atoms with E-state index in [0.717, 1.165) is 52.9 Å². The smallest absolute Gasteiger partial charge is 0.238 e. The van der Waals surface area contributed by atoms with E-state index in [0.29, 0.717) is 17.6 Å². The van der Waals surface area contributed by atoms with Crippen LogP contribution in [-0.2, 0) is 11.8 Å². The lowest BCUT2D eigenvalue weighted by molar-refractivity contribution is 0.595. The molecule has 8 aromatic rings. The van der Waals surface area contributed by atoms with Crippen molar-refractivity contribution < 1.29 is 0 Å². The van der Waals surface area contributed by atoms with E-state index in [1.54, 1.807) is 0 Å². The summed E-state index contributed by atoms with van der Waals surface area (Å²) in [6, 6.07) is 64.2. The second kappa shape index (κ2) is 17.4. The van der Waals surface area contributed by atoms with Gasteiger partial charge in [-0.05, 0) is 82.3 Å². The summed E-state index contributed by atoms with van der Waals surface area (Å²) in [6.45, 7) is 9.48. The topological polar surface area (TPSA) is 41.9 Å². The summed E-state index contributed by atoms with van der Waals surface area (Å²) in [4.78, 5) is 20.5. The third-order valence-electron chi connectivity index (χ3n) is 12.4. The Kier molecular flexibility index (Phi) is 11.0. The lowest BCUT2D eigenvalue weighted by Crippen LogP contribution is -2.32. The van der Waals surface area contributed by atoms with Gasteiger partial charge in [0.1, 0.15) is 0 Å². The van der Waals surface area contributed by atoms with E-state index < -0.39 is 0 Å². The van der Waals surface area contributed by atoms with Crippen LogP contribution in [0.15, 0.2) is 216 Å². The number of aromatic nitrogens is 3. The number of aryl methyl sites for hydroxylation is 1. The third kappa shape index (κ3) is 8.20. The fraction of sp³-hybridized carbons (Fsp3) is 0.121. The number of para-hydroxylation sites is 1. The fourth-order valence-corrected chi connectivity index (χ4v) is 10.3. The third-order valence-corrected chi connectivity index (χ3v) is 13.6. The summed E-state index contributed by atoms with van der Waals surface area (Å²) in [5.74, 6) is 2.10. The highest BCUT2D eigenvalue weighted by Crippen LogP contribution is 2.55. The van der Waals surface area contributed by atoms with E-state index in [9.17, 15) is 0 Å². The molecular formula is C58H48N4S. The van der Waals surface area contributed by atoms with Crippen LogP contribution < -0.4 is 4.90 Å². The van der Waals surface area contributed by atoms with Gasteiger partial charge in [0.15, 0.2) is 11.6 Å². The van der Waals surface area contributed by atoms with E-state index in [4.69, 9.17) is 21.5 Å². The van der Waals surface area contributed by atoms with E-state index in [-0.39, 0.29) is 11.3 Å². The molecule has 5 heteroatoms. The van der Waals surface area contributed by atoms with Crippen molar-refractivity contribution in [2.75, 3.05) is 4.90 Å². The summed E-state index contributed by atoms with van der Waals surface area (Å²) in [6.07, 6.45) is 9.55. The second-order valence-corrected chi connectivity index (χ2v) is 18.0. The maximum absolute atomic E-state index is 5.29. The van der Waals surface area contributed by atoms with Crippen molar-refractivity contribution in [2.24, 2.45) is 0 Å². The molecule has 0 amide bonds. The molecule has 2 aliphatic rings. The number of fused-ring (bicyclic) bond motifs is 4. The molecule has 0 N–H and O–H groups in total.